The third-order valence-electron chi connectivity index (χ3n) is 11.1. The van der Waals surface area contributed by atoms with Crippen molar-refractivity contribution in [3.05, 3.63) is 53.9 Å². The number of carbonyl (C=O) groups is 1. The van der Waals surface area contributed by atoms with E-state index in [0.717, 1.165) is 12.8 Å². The van der Waals surface area contributed by atoms with Gasteiger partial charge in [-0.25, -0.2) is 8.78 Å². The molecule has 1 amide bonds. The third-order valence-corrected chi connectivity index (χ3v) is 11.1. The predicted molar refractivity (Wildman–Crippen MR) is 193 cm³/mol. The number of hydrogen-bond acceptors (Lipinski definition) is 11. The fraction of sp³-hybridized carbons (Fsp3) is 0.513. The number of terminal acetylenes is 1. The number of ether oxygens (including phenoxy) is 4. The number of rotatable bonds is 10. The number of likely N-dealkylation sites (N-methyl/N-ethyl adjacent to an activating group) is 1. The maximum absolute atomic E-state index is 15.2. The number of alkyl halides is 1. The van der Waals surface area contributed by atoms with Crippen LogP contribution in [0.2, 0.25) is 0 Å². The number of benzene rings is 2. The number of carbonyl (C=O) groups excluding carboxylic acids is 1. The first-order valence-electron chi connectivity index (χ1n) is 18.1. The number of aliphatic hydroxyl groups is 1. The van der Waals surface area contributed by atoms with Crippen molar-refractivity contribution in [2.24, 2.45) is 0 Å². The summed E-state index contributed by atoms with van der Waals surface area (Å²) in [5.41, 5.74) is -0.633. The van der Waals surface area contributed by atoms with Crippen molar-refractivity contribution in [2.45, 2.75) is 75.0 Å². The molecule has 3 aromatic rings. The van der Waals surface area contributed by atoms with E-state index in [1.54, 1.807) is 11.8 Å². The van der Waals surface area contributed by atoms with Crippen molar-refractivity contribution in [3.8, 4) is 35.7 Å². The summed E-state index contributed by atoms with van der Waals surface area (Å²) in [6, 6.07) is 5.53. The summed E-state index contributed by atoms with van der Waals surface area (Å²) < 4.78 is 54.9. The molecule has 0 spiro atoms. The Hall–Kier alpha value is -4.71. The summed E-state index contributed by atoms with van der Waals surface area (Å²) in [4.78, 5) is 27.7. The summed E-state index contributed by atoms with van der Waals surface area (Å²) in [5, 5.41) is 22.8. The Bertz CT molecular complexity index is 1920. The zero-order valence-corrected chi connectivity index (χ0v) is 30.0. The molecule has 1 aromatic heterocycles. The Kier molecular flexibility index (Phi) is 10.3. The van der Waals surface area contributed by atoms with E-state index in [1.807, 2.05) is 16.8 Å². The largest absolute Gasteiger partial charge is 0.508 e. The zero-order chi connectivity index (χ0) is 37.4. The van der Waals surface area contributed by atoms with E-state index >= 15 is 4.39 Å². The molecule has 14 heteroatoms. The van der Waals surface area contributed by atoms with Crippen LogP contribution in [0.4, 0.5) is 14.6 Å². The number of aliphatic hydroxyl groups excluding tert-OH is 1. The van der Waals surface area contributed by atoms with Crippen LogP contribution in [-0.4, -0.2) is 119 Å². The zero-order valence-electron chi connectivity index (χ0n) is 30.0. The number of amides is 1. The SMILES string of the molecule is C#Cc1c(F)ccc2cc(O)cc(C3COc4c(nc(OC[C@]5([C@H](C)O)C[C@@H](F)CN5C5CCOCC5)nc4N(C)C[C@@H]4CCCN4C(=O)C=C)O3)c12. The lowest BCUT2D eigenvalue weighted by atomic mass is 9.88. The minimum absolute atomic E-state index is 0.00817. The molecule has 7 rings (SSSR count). The lowest BCUT2D eigenvalue weighted by Gasteiger charge is -2.45. The second-order valence-corrected chi connectivity index (χ2v) is 14.4. The van der Waals surface area contributed by atoms with Crippen molar-refractivity contribution < 1.29 is 42.7 Å². The highest BCUT2D eigenvalue weighted by Crippen LogP contribution is 2.45. The summed E-state index contributed by atoms with van der Waals surface area (Å²) in [7, 11) is 1.82. The third kappa shape index (κ3) is 6.93. The van der Waals surface area contributed by atoms with Crippen LogP contribution in [0.3, 0.4) is 0 Å². The molecule has 4 aliphatic heterocycles. The number of aromatic hydroxyl groups is 1. The molecule has 282 valence electrons. The van der Waals surface area contributed by atoms with Crippen LogP contribution in [0.15, 0.2) is 36.9 Å². The van der Waals surface area contributed by atoms with Crippen molar-refractivity contribution in [2.75, 3.05) is 58.0 Å². The van der Waals surface area contributed by atoms with E-state index in [0.29, 0.717) is 61.3 Å². The molecule has 0 radical (unpaired) electrons. The molecule has 5 heterocycles. The number of nitrogens with zero attached hydrogens (tertiary/aromatic N) is 5. The van der Waals surface area contributed by atoms with Crippen LogP contribution in [0.25, 0.3) is 10.8 Å². The molecule has 53 heavy (non-hydrogen) atoms. The number of aromatic nitrogens is 2. The Morgan fingerprint density at radius 1 is 1.28 bits per heavy atom. The molecule has 2 N–H and O–H groups in total. The van der Waals surface area contributed by atoms with Crippen LogP contribution in [0, 0.1) is 18.2 Å². The van der Waals surface area contributed by atoms with E-state index in [-0.39, 0.29) is 73.1 Å². The first kappa shape index (κ1) is 36.6. The minimum atomic E-state index is -1.16. The fourth-order valence-corrected chi connectivity index (χ4v) is 8.43. The fourth-order valence-electron chi connectivity index (χ4n) is 8.43. The van der Waals surface area contributed by atoms with Gasteiger partial charge in [0, 0.05) is 69.3 Å². The number of halogens is 2. The Morgan fingerprint density at radius 3 is 2.81 bits per heavy atom. The molecule has 12 nitrogen and oxygen atoms in total. The Balaban J connectivity index is 1.25. The van der Waals surface area contributed by atoms with E-state index < -0.39 is 29.7 Å². The summed E-state index contributed by atoms with van der Waals surface area (Å²) >= 11 is 0. The van der Waals surface area contributed by atoms with Gasteiger partial charge in [0.15, 0.2) is 11.9 Å². The van der Waals surface area contributed by atoms with Gasteiger partial charge in [-0.05, 0) is 62.3 Å². The first-order chi connectivity index (χ1) is 25.5. The van der Waals surface area contributed by atoms with Gasteiger partial charge in [-0.2, -0.15) is 9.97 Å². The van der Waals surface area contributed by atoms with Gasteiger partial charge in [0.25, 0.3) is 5.88 Å². The standard InChI is InChI=1S/C39H45F2N5O7/c1-5-29-31(41)10-9-24-16-28(48)17-30(34(24)29)32-21-51-35-36(44(4)20-27-8-7-13-45(27)33(49)6-2)42-38(43-37(35)53-32)52-22-39(23(3)47)18-25(40)19-46(39)26-11-14-50-15-12-26/h1,6,9-10,16-17,23,25-27,32,47-48H,2,7-8,11-15,18-22H2,3-4H3/t23-,25+,27-,32?,39-/m0/s1. The number of likely N-dealkylation sites (tertiary alicyclic amines) is 2. The van der Waals surface area contributed by atoms with Crippen molar-refractivity contribution in [3.63, 3.8) is 0 Å². The highest BCUT2D eigenvalue weighted by Gasteiger charge is 2.53. The summed E-state index contributed by atoms with van der Waals surface area (Å²) in [6.45, 7) is 7.42. The monoisotopic (exact) mass is 733 g/mol. The molecular formula is C39H45F2N5O7. The maximum atomic E-state index is 15.2. The summed E-state index contributed by atoms with van der Waals surface area (Å²) in [5.74, 6) is 2.19. The molecule has 1 unspecified atom stereocenters. The number of hydrogen-bond donors (Lipinski definition) is 2. The lowest BCUT2D eigenvalue weighted by Crippen LogP contribution is -2.60. The summed E-state index contributed by atoms with van der Waals surface area (Å²) in [6.07, 6.45) is 7.16. The van der Waals surface area contributed by atoms with E-state index in [4.69, 9.17) is 30.4 Å². The number of phenols is 1. The maximum Gasteiger partial charge on any atom is 0.322 e. The van der Waals surface area contributed by atoms with Gasteiger partial charge in [0.05, 0.1) is 17.2 Å². The second kappa shape index (κ2) is 15.0. The van der Waals surface area contributed by atoms with Gasteiger partial charge < -0.3 is 39.0 Å². The molecule has 5 atom stereocenters. The molecule has 2 aromatic carbocycles. The van der Waals surface area contributed by atoms with E-state index in [2.05, 4.69) is 17.5 Å². The quantitative estimate of drug-likeness (QED) is 0.229. The normalized spacial score (nSPS) is 25.3. The van der Waals surface area contributed by atoms with Crippen LogP contribution >= 0.6 is 0 Å². The molecule has 3 fully saturated rings. The molecule has 0 aliphatic carbocycles. The number of fused-ring (bicyclic) bond motifs is 2. The molecule has 0 saturated carbocycles. The average molecular weight is 734 g/mol. The minimum Gasteiger partial charge on any atom is -0.508 e. The number of phenolic OH excluding ortho intramolecular Hbond substituents is 1. The number of anilines is 1. The van der Waals surface area contributed by atoms with Gasteiger partial charge >= 0.3 is 6.01 Å². The van der Waals surface area contributed by atoms with Gasteiger partial charge in [-0.3, -0.25) is 9.69 Å². The molecular weight excluding hydrogens is 688 g/mol. The molecule has 4 aliphatic rings. The van der Waals surface area contributed by atoms with Crippen molar-refractivity contribution >= 4 is 22.5 Å². The van der Waals surface area contributed by atoms with Gasteiger partial charge in [0.2, 0.25) is 11.7 Å². The lowest BCUT2D eigenvalue weighted by molar-refractivity contribution is -0.126. The second-order valence-electron chi connectivity index (χ2n) is 14.4. The highest BCUT2D eigenvalue weighted by atomic mass is 19.1. The average Bonchev–Trinajstić information content (AvgIpc) is 3.77. The van der Waals surface area contributed by atoms with Crippen LogP contribution in [0.5, 0.6) is 23.4 Å². The van der Waals surface area contributed by atoms with Crippen LogP contribution in [-0.2, 0) is 9.53 Å². The van der Waals surface area contributed by atoms with Crippen molar-refractivity contribution in [1.29, 1.82) is 0 Å². The predicted octanol–water partition coefficient (Wildman–Crippen LogP) is 4.30. The van der Waals surface area contributed by atoms with E-state index in [9.17, 15) is 19.4 Å². The van der Waals surface area contributed by atoms with E-state index in [1.165, 1.54) is 30.3 Å². The Labute approximate surface area is 307 Å². The highest BCUT2D eigenvalue weighted by molar-refractivity contribution is 5.93. The Morgan fingerprint density at radius 2 is 2.08 bits per heavy atom. The van der Waals surface area contributed by atoms with Crippen LogP contribution in [0.1, 0.15) is 56.3 Å². The molecule has 0 bridgehead atoms. The van der Waals surface area contributed by atoms with Gasteiger partial charge in [0.1, 0.15) is 31.0 Å². The van der Waals surface area contributed by atoms with Gasteiger partial charge in [-0.15, -0.1) is 6.42 Å². The van der Waals surface area contributed by atoms with Crippen LogP contribution < -0.4 is 19.1 Å². The smallest absolute Gasteiger partial charge is 0.322 e. The topological polar surface area (TPSA) is 130 Å². The first-order valence-corrected chi connectivity index (χ1v) is 18.1. The van der Waals surface area contributed by atoms with Gasteiger partial charge in [-0.1, -0.05) is 18.6 Å². The van der Waals surface area contributed by atoms with Crippen molar-refractivity contribution in [1.82, 2.24) is 19.8 Å². The molecule has 3 saturated heterocycles.